The zero-order valence-corrected chi connectivity index (χ0v) is 73.5. The average Bonchev–Trinajstić information content (AvgIpc) is 1.68. The molecule has 10 heterocycles. The van der Waals surface area contributed by atoms with Crippen LogP contribution < -0.4 is 54.4 Å². The minimum Gasteiger partial charge on any atom is -0.379 e. The molecule has 18 rings (SSSR count). The molecule has 33 heteroatoms. The highest BCUT2D eigenvalue weighted by molar-refractivity contribution is 6.31. The van der Waals surface area contributed by atoms with Gasteiger partial charge < -0.3 is 26.6 Å². The molecule has 0 saturated carbocycles. The standard InChI is InChI=1S/C22H22FN5O.C20H19N5O.C19H15ClFN5O.C19H25N5O.C15H17N5O/c1-22(2,3)15-10-8-14(9-11-15)20-26-21-25-16(12-19(29)28(21)27-20)13-24-18-7-5-4-6-17(18)23;1-13-3-7-15(8-4-13)19-23-20-22-17(11-18(26)25(20)24-19)12-21-16-9-5-14(2)6-10-16;1-11-15(20)3-2-4-16(11)22-10-14-9-17(27)26-19(23-14)24-18(25-26)12-5-7-13(21)8-6-12;1-5-10-20-12-15-11-16(25)24-18(21-15)22-17(23-24)13-6-8-14(9-7-13)19(2,3)4;1-10(2)16-9-12-8-13(21)20-15(17-12)18-14(19-20)11-6-4-3-5-7-11/h4-12,24H,13H2,1-3H3,(H,25,26,27);3-11,21H,12H2,1-2H3,(H,22,23,24);2-9,22H,10H2,1H3,(H,23,24,25);6-9,11,20H,5,10,12H2,1-4H3,(H,21,22,23);3-8,10,16H,9H2,1-2H3,(H,17,18,19). The summed E-state index contributed by atoms with van der Waals surface area (Å²) in [5.74, 6) is 3.90. The van der Waals surface area contributed by atoms with Gasteiger partial charge in [0.2, 0.25) is 0 Å². The summed E-state index contributed by atoms with van der Waals surface area (Å²) in [6, 6.07) is 67.6. The van der Waals surface area contributed by atoms with E-state index >= 15 is 0 Å². The predicted octanol–water partition coefficient (Wildman–Crippen LogP) is 15.7. The van der Waals surface area contributed by atoms with E-state index < -0.39 is 0 Å². The molecule has 0 spiro atoms. The van der Waals surface area contributed by atoms with Gasteiger partial charge >= 0.3 is 0 Å². The second kappa shape index (κ2) is 39.4. The number of hydrogen-bond acceptors (Lipinski definition) is 20. The summed E-state index contributed by atoms with van der Waals surface area (Å²) in [6.45, 7) is 28.3. The Morgan fingerprint density at radius 1 is 0.367 bits per heavy atom. The molecule has 0 aliphatic carbocycles. The summed E-state index contributed by atoms with van der Waals surface area (Å²) < 4.78 is 33.5. The highest BCUT2D eigenvalue weighted by Crippen LogP contribution is 2.29. The summed E-state index contributed by atoms with van der Waals surface area (Å²) >= 11 is 6.12. The first-order valence-electron chi connectivity index (χ1n) is 41.7. The topological polar surface area (TPSA) is 375 Å². The van der Waals surface area contributed by atoms with Gasteiger partial charge in [-0.05, 0) is 122 Å². The number of nitrogens with one attached hydrogen (secondary N) is 10. The van der Waals surface area contributed by atoms with Crippen LogP contribution in [-0.2, 0) is 43.6 Å². The van der Waals surface area contributed by atoms with E-state index in [0.29, 0.717) is 123 Å². The van der Waals surface area contributed by atoms with Crippen molar-refractivity contribution in [3.05, 3.63) is 349 Å². The number of aromatic nitrogens is 20. The number of benzene rings is 8. The molecule has 654 valence electrons. The Morgan fingerprint density at radius 3 is 1.08 bits per heavy atom. The van der Waals surface area contributed by atoms with Gasteiger partial charge in [0, 0.05) is 93.7 Å². The van der Waals surface area contributed by atoms with Crippen molar-refractivity contribution in [2.45, 2.75) is 139 Å². The van der Waals surface area contributed by atoms with E-state index in [-0.39, 0.29) is 68.4 Å². The molecular weight excluding hydrogens is 1640 g/mol. The molecule has 0 unspecified atom stereocenters. The van der Waals surface area contributed by atoms with Gasteiger partial charge in [0.1, 0.15) is 11.6 Å². The molecule has 30 nitrogen and oxygen atoms in total. The van der Waals surface area contributed by atoms with Gasteiger partial charge in [0.25, 0.3) is 56.7 Å². The zero-order valence-electron chi connectivity index (χ0n) is 72.8. The molecule has 10 aromatic heterocycles. The Balaban J connectivity index is 0.000000130. The van der Waals surface area contributed by atoms with Crippen molar-refractivity contribution in [2.75, 3.05) is 22.5 Å². The third-order valence-electron chi connectivity index (χ3n) is 20.5. The first-order valence-corrected chi connectivity index (χ1v) is 42.1. The molecule has 128 heavy (non-hydrogen) atoms. The summed E-state index contributed by atoms with van der Waals surface area (Å²) in [6.07, 6.45) is 1.04. The molecule has 10 N–H and O–H groups in total. The molecular formula is C95H98ClF2N25O5. The number of anilines is 3. The number of aromatic amines is 5. The number of rotatable bonds is 21. The van der Waals surface area contributed by atoms with Gasteiger partial charge in [-0.25, -0.2) is 33.7 Å². The minimum atomic E-state index is -0.356. The van der Waals surface area contributed by atoms with Crippen molar-refractivity contribution >= 4 is 57.6 Å². The SMILES string of the molecule is CC(C)(C)c1ccc(-c2nc3nc(CNc4ccccc4F)cc(=O)n3[nH]2)cc1.CC(C)NCc1cc(=O)n2[nH]c(-c3ccccc3)nc2n1.CCCNCc1cc(=O)n2[nH]c(-c3ccc(C(C)(C)C)cc3)nc2n1.Cc1c(Cl)cccc1NCc1cc(=O)n2[nH]c(-c3ccc(F)cc3)nc2n1.Cc1ccc(NCc2cc(=O)n3[nH]c(-c4ccc(C)cc4)nc3n2)cc1. The van der Waals surface area contributed by atoms with Crippen LogP contribution in [-0.4, -0.2) is 110 Å². The van der Waals surface area contributed by atoms with Crippen molar-refractivity contribution in [2.24, 2.45) is 0 Å². The van der Waals surface area contributed by atoms with Crippen LogP contribution in [0.2, 0.25) is 5.02 Å². The van der Waals surface area contributed by atoms with Crippen molar-refractivity contribution in [1.29, 1.82) is 0 Å². The third kappa shape index (κ3) is 22.4. The summed E-state index contributed by atoms with van der Waals surface area (Å²) in [5.41, 5.74) is 14.5. The highest BCUT2D eigenvalue weighted by atomic mass is 35.5. The number of para-hydroxylation sites is 1. The Labute approximate surface area is 738 Å². The van der Waals surface area contributed by atoms with Gasteiger partial charge in [0.05, 0.1) is 53.8 Å². The van der Waals surface area contributed by atoms with E-state index in [4.69, 9.17) is 11.6 Å². The molecule has 8 aromatic carbocycles. The maximum atomic E-state index is 13.8. The van der Waals surface area contributed by atoms with Crippen LogP contribution >= 0.6 is 11.6 Å². The normalized spacial score (nSPS) is 11.4. The largest absolute Gasteiger partial charge is 0.379 e. The fourth-order valence-electron chi connectivity index (χ4n) is 13.2. The molecule has 0 fully saturated rings. The maximum absolute atomic E-state index is 13.8. The number of fused-ring (bicyclic) bond motifs is 5. The van der Waals surface area contributed by atoms with Gasteiger partial charge in [-0.1, -0.05) is 219 Å². The smallest absolute Gasteiger partial charge is 0.274 e. The Morgan fingerprint density at radius 2 is 0.695 bits per heavy atom. The molecule has 0 saturated heterocycles. The van der Waals surface area contributed by atoms with E-state index in [1.54, 1.807) is 36.4 Å². The van der Waals surface area contributed by atoms with Crippen LogP contribution in [0.25, 0.3) is 85.8 Å². The second-order valence-electron chi connectivity index (χ2n) is 32.9. The number of aryl methyl sites for hydroxylation is 2. The number of H-pyrrole nitrogens is 5. The second-order valence-corrected chi connectivity index (χ2v) is 33.3. The van der Waals surface area contributed by atoms with Crippen LogP contribution in [0.4, 0.5) is 25.8 Å². The zero-order chi connectivity index (χ0) is 90.5. The number of hydrogen-bond donors (Lipinski definition) is 10. The Kier molecular flexibility index (Phi) is 27.5. The Bertz CT molecular complexity index is 7230. The Hall–Kier alpha value is -15.0. The van der Waals surface area contributed by atoms with E-state index in [0.717, 1.165) is 52.2 Å². The lowest BCUT2D eigenvalue weighted by molar-refractivity contribution is 0.580. The first-order chi connectivity index (χ1) is 61.4. The van der Waals surface area contributed by atoms with E-state index in [2.05, 4.69) is 175 Å². The van der Waals surface area contributed by atoms with E-state index in [1.807, 2.05) is 156 Å². The van der Waals surface area contributed by atoms with Crippen molar-refractivity contribution in [1.82, 2.24) is 109 Å². The van der Waals surface area contributed by atoms with Crippen LogP contribution in [0.3, 0.4) is 0 Å². The summed E-state index contributed by atoms with van der Waals surface area (Å²) in [5, 5.41) is 31.6. The van der Waals surface area contributed by atoms with Gasteiger partial charge in [-0.3, -0.25) is 49.5 Å². The van der Waals surface area contributed by atoms with Crippen LogP contribution in [0.15, 0.2) is 248 Å². The monoisotopic (exact) mass is 1740 g/mol. The van der Waals surface area contributed by atoms with Gasteiger partial charge in [-0.2, -0.15) is 47.5 Å². The van der Waals surface area contributed by atoms with Crippen LogP contribution in [0, 0.1) is 32.4 Å². The summed E-state index contributed by atoms with van der Waals surface area (Å²) in [4.78, 5) is 106. The van der Waals surface area contributed by atoms with Crippen LogP contribution in [0.5, 0.6) is 0 Å². The van der Waals surface area contributed by atoms with Crippen molar-refractivity contribution in [3.8, 4) is 56.9 Å². The highest BCUT2D eigenvalue weighted by Gasteiger charge is 2.20. The molecule has 0 aliphatic heterocycles. The average molecular weight is 1740 g/mol. The number of halogens is 3. The lowest BCUT2D eigenvalue weighted by Crippen LogP contribution is -2.24. The van der Waals surface area contributed by atoms with Crippen molar-refractivity contribution in [3.63, 3.8) is 0 Å². The quantitative estimate of drug-likeness (QED) is 0.0299. The molecule has 0 aliphatic rings. The van der Waals surface area contributed by atoms with E-state index in [1.165, 1.54) is 87.3 Å². The van der Waals surface area contributed by atoms with Gasteiger partial charge in [-0.15, -0.1) is 0 Å². The minimum absolute atomic E-state index is 0.0605. The lowest BCUT2D eigenvalue weighted by atomic mass is 9.87. The molecule has 0 radical (unpaired) electrons. The van der Waals surface area contributed by atoms with E-state index in [9.17, 15) is 32.8 Å². The van der Waals surface area contributed by atoms with Gasteiger partial charge in [0.15, 0.2) is 29.1 Å². The first kappa shape index (κ1) is 89.3. The number of nitrogens with zero attached hydrogens (tertiary/aromatic N) is 15. The fraction of sp³-hybridized carbons (Fsp3) is 0.232. The maximum Gasteiger partial charge on any atom is 0.274 e. The predicted molar refractivity (Wildman–Crippen MR) is 497 cm³/mol. The van der Waals surface area contributed by atoms with Crippen LogP contribution in [0.1, 0.15) is 125 Å². The fourth-order valence-corrected chi connectivity index (χ4v) is 13.4. The molecule has 0 bridgehead atoms. The lowest BCUT2D eigenvalue weighted by Gasteiger charge is -2.18. The molecule has 18 aromatic rings. The molecule has 0 amide bonds. The van der Waals surface area contributed by atoms with Crippen molar-refractivity contribution < 1.29 is 8.78 Å². The molecule has 0 atom stereocenters. The summed E-state index contributed by atoms with van der Waals surface area (Å²) in [7, 11) is 0. The third-order valence-corrected chi connectivity index (χ3v) is 20.9.